The van der Waals surface area contributed by atoms with Gasteiger partial charge in [-0.25, -0.2) is 0 Å². The standard InChI is InChI=1S/C7H15Cl2N.ClH/c1-2-10(7-5-9)6-3-4-8;/h2-7H2,1H3;1H. The van der Waals surface area contributed by atoms with Crippen molar-refractivity contribution in [2.24, 2.45) is 0 Å². The van der Waals surface area contributed by atoms with Crippen molar-refractivity contribution in [3.8, 4) is 0 Å². The van der Waals surface area contributed by atoms with Gasteiger partial charge in [-0.3, -0.25) is 0 Å². The highest BCUT2D eigenvalue weighted by molar-refractivity contribution is 6.18. The predicted octanol–water partition coefficient (Wildman–Crippen LogP) is 2.60. The Balaban J connectivity index is 0. The molecule has 0 heterocycles. The Morgan fingerprint density at radius 1 is 1.09 bits per heavy atom. The van der Waals surface area contributed by atoms with Crippen LogP contribution in [-0.4, -0.2) is 36.3 Å². The molecule has 70 valence electrons. The number of halogens is 3. The van der Waals surface area contributed by atoms with E-state index in [1.165, 1.54) is 0 Å². The van der Waals surface area contributed by atoms with Crippen LogP contribution in [0.1, 0.15) is 13.3 Å². The number of nitrogens with zero attached hydrogens (tertiary/aromatic N) is 1. The molecule has 0 radical (unpaired) electrons. The lowest BCUT2D eigenvalue weighted by molar-refractivity contribution is 0.307. The van der Waals surface area contributed by atoms with Crippen molar-refractivity contribution in [3.05, 3.63) is 0 Å². The Morgan fingerprint density at radius 3 is 2.09 bits per heavy atom. The molecule has 1 nitrogen and oxygen atoms in total. The van der Waals surface area contributed by atoms with Crippen molar-refractivity contribution in [3.63, 3.8) is 0 Å². The second-order valence-electron chi connectivity index (χ2n) is 2.17. The first-order valence-electron chi connectivity index (χ1n) is 3.69. The van der Waals surface area contributed by atoms with Crippen LogP contribution in [0.4, 0.5) is 0 Å². The van der Waals surface area contributed by atoms with E-state index in [-0.39, 0.29) is 12.4 Å². The van der Waals surface area contributed by atoms with Crippen LogP contribution in [0.25, 0.3) is 0 Å². The summed E-state index contributed by atoms with van der Waals surface area (Å²) >= 11 is 11.1. The van der Waals surface area contributed by atoms with Gasteiger partial charge >= 0.3 is 0 Å². The molecular formula is C7H16Cl3N. The molecule has 0 aromatic heterocycles. The van der Waals surface area contributed by atoms with Gasteiger partial charge in [-0.1, -0.05) is 6.92 Å². The van der Waals surface area contributed by atoms with Gasteiger partial charge in [0.15, 0.2) is 0 Å². The maximum absolute atomic E-state index is 5.58. The van der Waals surface area contributed by atoms with Gasteiger partial charge in [0.2, 0.25) is 0 Å². The summed E-state index contributed by atoms with van der Waals surface area (Å²) in [5.74, 6) is 1.47. The number of rotatable bonds is 6. The van der Waals surface area contributed by atoms with E-state index in [9.17, 15) is 0 Å². The lowest BCUT2D eigenvalue weighted by Gasteiger charge is -2.17. The van der Waals surface area contributed by atoms with Crippen LogP contribution in [0, 0.1) is 0 Å². The van der Waals surface area contributed by atoms with E-state index in [2.05, 4.69) is 11.8 Å². The molecule has 0 bridgehead atoms. The minimum Gasteiger partial charge on any atom is -0.302 e. The molecule has 0 aromatic rings. The summed E-state index contributed by atoms with van der Waals surface area (Å²) in [6.07, 6.45) is 1.06. The van der Waals surface area contributed by atoms with Gasteiger partial charge in [-0.15, -0.1) is 35.6 Å². The van der Waals surface area contributed by atoms with E-state index in [1.54, 1.807) is 0 Å². The van der Waals surface area contributed by atoms with Gasteiger partial charge in [0.05, 0.1) is 0 Å². The molecule has 4 heteroatoms. The number of alkyl halides is 2. The Hall–Kier alpha value is 0.830. The van der Waals surface area contributed by atoms with E-state index in [0.29, 0.717) is 0 Å². The van der Waals surface area contributed by atoms with Crippen molar-refractivity contribution in [1.29, 1.82) is 0 Å². The fourth-order valence-electron chi connectivity index (χ4n) is 0.831. The third-order valence-electron chi connectivity index (χ3n) is 1.46. The van der Waals surface area contributed by atoms with Crippen molar-refractivity contribution < 1.29 is 0 Å². The van der Waals surface area contributed by atoms with Gasteiger partial charge in [0.25, 0.3) is 0 Å². The highest BCUT2D eigenvalue weighted by atomic mass is 35.5. The highest BCUT2D eigenvalue weighted by Crippen LogP contribution is 1.93. The van der Waals surface area contributed by atoms with Gasteiger partial charge < -0.3 is 4.90 Å². The zero-order valence-electron chi connectivity index (χ0n) is 6.85. The smallest absolute Gasteiger partial charge is 0.0351 e. The summed E-state index contributed by atoms with van der Waals surface area (Å²) in [6, 6.07) is 0. The molecule has 0 aliphatic heterocycles. The van der Waals surface area contributed by atoms with E-state index >= 15 is 0 Å². The van der Waals surface area contributed by atoms with Crippen molar-refractivity contribution in [1.82, 2.24) is 4.90 Å². The zero-order valence-corrected chi connectivity index (χ0v) is 9.18. The minimum absolute atomic E-state index is 0. The van der Waals surface area contributed by atoms with Crippen molar-refractivity contribution >= 4 is 35.6 Å². The topological polar surface area (TPSA) is 3.24 Å². The van der Waals surface area contributed by atoms with Crippen LogP contribution < -0.4 is 0 Å². The molecule has 11 heavy (non-hydrogen) atoms. The molecule has 0 fully saturated rings. The van der Waals surface area contributed by atoms with Gasteiger partial charge in [0.1, 0.15) is 0 Å². The first kappa shape index (κ1) is 14.4. The summed E-state index contributed by atoms with van der Waals surface area (Å²) in [7, 11) is 0. The largest absolute Gasteiger partial charge is 0.302 e. The minimum atomic E-state index is 0. The summed E-state index contributed by atoms with van der Waals surface area (Å²) < 4.78 is 0. The molecule has 0 unspecified atom stereocenters. The molecule has 0 spiro atoms. The Labute approximate surface area is 85.4 Å². The second kappa shape index (κ2) is 10.8. The molecule has 0 atom stereocenters. The molecule has 0 amide bonds. The van der Waals surface area contributed by atoms with Gasteiger partial charge in [-0.05, 0) is 19.5 Å². The van der Waals surface area contributed by atoms with Gasteiger partial charge in [0, 0.05) is 18.3 Å². The number of hydrogen-bond acceptors (Lipinski definition) is 1. The molecule has 0 aliphatic rings. The first-order chi connectivity index (χ1) is 4.85. The summed E-state index contributed by atoms with van der Waals surface area (Å²) in [4.78, 5) is 2.30. The molecule has 0 aliphatic carbocycles. The summed E-state index contributed by atoms with van der Waals surface area (Å²) in [6.45, 7) is 5.27. The Bertz CT molecular complexity index is 70.7. The molecule has 0 rings (SSSR count). The molecule has 0 saturated heterocycles. The average Bonchev–Trinajstić information content (AvgIpc) is 1.98. The third kappa shape index (κ3) is 8.74. The van der Waals surface area contributed by atoms with Crippen LogP contribution in [0.2, 0.25) is 0 Å². The highest BCUT2D eigenvalue weighted by Gasteiger charge is 1.98. The summed E-state index contributed by atoms with van der Waals surface area (Å²) in [5, 5.41) is 0. The Kier molecular flexibility index (Phi) is 14.1. The third-order valence-corrected chi connectivity index (χ3v) is 1.89. The van der Waals surface area contributed by atoms with E-state index in [4.69, 9.17) is 23.2 Å². The van der Waals surface area contributed by atoms with Crippen molar-refractivity contribution in [2.75, 3.05) is 31.4 Å². The molecule has 0 saturated carbocycles. The summed E-state index contributed by atoms with van der Waals surface area (Å²) in [5.41, 5.74) is 0. The van der Waals surface area contributed by atoms with E-state index in [0.717, 1.165) is 37.8 Å². The monoisotopic (exact) mass is 219 g/mol. The van der Waals surface area contributed by atoms with Crippen molar-refractivity contribution in [2.45, 2.75) is 13.3 Å². The fraction of sp³-hybridized carbons (Fsp3) is 1.00. The average molecular weight is 221 g/mol. The van der Waals surface area contributed by atoms with Gasteiger partial charge in [-0.2, -0.15) is 0 Å². The molecule has 0 N–H and O–H groups in total. The quantitative estimate of drug-likeness (QED) is 0.622. The second-order valence-corrected chi connectivity index (χ2v) is 2.92. The van der Waals surface area contributed by atoms with Crippen LogP contribution >= 0.6 is 35.6 Å². The molecular weight excluding hydrogens is 204 g/mol. The lowest BCUT2D eigenvalue weighted by atomic mass is 10.4. The van der Waals surface area contributed by atoms with Crippen LogP contribution in [0.3, 0.4) is 0 Å². The van der Waals surface area contributed by atoms with E-state index < -0.39 is 0 Å². The van der Waals surface area contributed by atoms with E-state index in [1.807, 2.05) is 0 Å². The first-order valence-corrected chi connectivity index (χ1v) is 4.76. The molecule has 0 aromatic carbocycles. The predicted molar refractivity (Wildman–Crippen MR) is 55.4 cm³/mol. The van der Waals surface area contributed by atoms with Crippen LogP contribution in [-0.2, 0) is 0 Å². The maximum Gasteiger partial charge on any atom is 0.0351 e. The normalized spacial score (nSPS) is 9.82. The Morgan fingerprint density at radius 2 is 1.73 bits per heavy atom. The number of hydrogen-bond donors (Lipinski definition) is 0. The SMILES string of the molecule is CCN(CCCl)CCCCl.Cl. The van der Waals surface area contributed by atoms with Crippen LogP contribution in [0.5, 0.6) is 0 Å². The zero-order chi connectivity index (χ0) is 7.82. The lowest BCUT2D eigenvalue weighted by Crippen LogP contribution is -2.26. The van der Waals surface area contributed by atoms with Crippen LogP contribution in [0.15, 0.2) is 0 Å². The fourth-order valence-corrected chi connectivity index (χ4v) is 1.19. The maximum atomic E-state index is 5.58.